The molecule has 124 valence electrons. The van der Waals surface area contributed by atoms with Crippen LogP contribution in [0.2, 0.25) is 0 Å². The van der Waals surface area contributed by atoms with Gasteiger partial charge in [0.2, 0.25) is 5.88 Å². The van der Waals surface area contributed by atoms with Crippen molar-refractivity contribution in [2.45, 2.75) is 26.8 Å². The van der Waals surface area contributed by atoms with Gasteiger partial charge in [-0.2, -0.15) is 0 Å². The quantitative estimate of drug-likeness (QED) is 0.755. The molecule has 0 saturated heterocycles. The van der Waals surface area contributed by atoms with Gasteiger partial charge in [-0.05, 0) is 37.1 Å². The monoisotopic (exact) mass is 323 g/mol. The van der Waals surface area contributed by atoms with Crippen molar-refractivity contribution >= 4 is 16.6 Å². The maximum Gasteiger partial charge on any atom is 0.271 e. The highest BCUT2D eigenvalue weighted by Gasteiger charge is 2.09. The Bertz CT molecular complexity index is 932. The van der Waals surface area contributed by atoms with Crippen molar-refractivity contribution in [3.63, 3.8) is 0 Å². The molecule has 0 bridgehead atoms. The van der Waals surface area contributed by atoms with Gasteiger partial charge in [0.05, 0.1) is 12.6 Å². The van der Waals surface area contributed by atoms with E-state index in [1.165, 1.54) is 0 Å². The summed E-state index contributed by atoms with van der Waals surface area (Å²) in [5, 5.41) is 4.25. The lowest BCUT2D eigenvalue weighted by Crippen LogP contribution is -2.16. The molecule has 0 saturated carbocycles. The molecule has 3 rings (SSSR count). The van der Waals surface area contributed by atoms with Gasteiger partial charge in [-0.15, -0.1) is 0 Å². The number of nitrogens with zero attached hydrogens (tertiary/aromatic N) is 1. The molecule has 0 amide bonds. The van der Waals surface area contributed by atoms with Crippen LogP contribution in [0.25, 0.3) is 10.9 Å². The van der Waals surface area contributed by atoms with E-state index in [0.29, 0.717) is 18.1 Å². The highest BCUT2D eigenvalue weighted by molar-refractivity contribution is 5.80. The average molecular weight is 323 g/mol. The van der Waals surface area contributed by atoms with Gasteiger partial charge in [0.15, 0.2) is 0 Å². The van der Waals surface area contributed by atoms with Crippen molar-refractivity contribution in [2.75, 3.05) is 12.4 Å². The number of anilines is 1. The van der Waals surface area contributed by atoms with Crippen molar-refractivity contribution in [3.8, 4) is 5.88 Å². The van der Waals surface area contributed by atoms with Gasteiger partial charge in [0.1, 0.15) is 5.69 Å². The Labute approximate surface area is 140 Å². The average Bonchev–Trinajstić information content (AvgIpc) is 2.60. The lowest BCUT2D eigenvalue weighted by molar-refractivity contribution is 0.395. The SMILES string of the molecule is CCc1cc(NCc2cc3ccccc3nc2OC)c(=O)[nH]c1C. The van der Waals surface area contributed by atoms with Gasteiger partial charge in [-0.1, -0.05) is 25.1 Å². The zero-order valence-electron chi connectivity index (χ0n) is 14.1. The molecule has 0 aliphatic carbocycles. The Morgan fingerprint density at radius 3 is 2.75 bits per heavy atom. The third-order valence-electron chi connectivity index (χ3n) is 4.15. The largest absolute Gasteiger partial charge is 0.481 e. The van der Waals surface area contributed by atoms with Crippen LogP contribution < -0.4 is 15.6 Å². The zero-order chi connectivity index (χ0) is 17.1. The summed E-state index contributed by atoms with van der Waals surface area (Å²) in [6.45, 7) is 4.46. The fourth-order valence-corrected chi connectivity index (χ4v) is 2.80. The first-order valence-electron chi connectivity index (χ1n) is 8.01. The number of ether oxygens (including phenoxy) is 1. The molecule has 0 fully saturated rings. The van der Waals surface area contributed by atoms with Crippen molar-refractivity contribution < 1.29 is 4.74 Å². The number of pyridine rings is 2. The van der Waals surface area contributed by atoms with Crippen LogP contribution in [-0.4, -0.2) is 17.1 Å². The Morgan fingerprint density at radius 2 is 2.00 bits per heavy atom. The molecule has 0 atom stereocenters. The third-order valence-corrected chi connectivity index (χ3v) is 4.15. The van der Waals surface area contributed by atoms with E-state index < -0.39 is 0 Å². The molecule has 1 aromatic carbocycles. The highest BCUT2D eigenvalue weighted by atomic mass is 16.5. The molecule has 24 heavy (non-hydrogen) atoms. The number of hydrogen-bond acceptors (Lipinski definition) is 4. The number of para-hydroxylation sites is 1. The fourth-order valence-electron chi connectivity index (χ4n) is 2.80. The Hall–Kier alpha value is -2.82. The summed E-state index contributed by atoms with van der Waals surface area (Å²) < 4.78 is 5.40. The predicted octanol–water partition coefficient (Wildman–Crippen LogP) is 3.41. The van der Waals surface area contributed by atoms with Crippen LogP contribution in [0.5, 0.6) is 5.88 Å². The first kappa shape index (κ1) is 16.1. The van der Waals surface area contributed by atoms with Crippen LogP contribution in [0.4, 0.5) is 5.69 Å². The van der Waals surface area contributed by atoms with Gasteiger partial charge in [-0.25, -0.2) is 4.98 Å². The Kier molecular flexibility index (Phi) is 4.51. The predicted molar refractivity (Wildman–Crippen MR) is 96.8 cm³/mol. The molecule has 0 radical (unpaired) electrons. The molecular formula is C19H21N3O2. The first-order valence-corrected chi connectivity index (χ1v) is 8.01. The van der Waals surface area contributed by atoms with Gasteiger partial charge >= 0.3 is 0 Å². The van der Waals surface area contributed by atoms with Gasteiger partial charge in [0, 0.05) is 23.2 Å². The van der Waals surface area contributed by atoms with Crippen molar-refractivity contribution in [3.05, 3.63) is 63.6 Å². The second-order valence-electron chi connectivity index (χ2n) is 5.72. The van der Waals surface area contributed by atoms with E-state index in [9.17, 15) is 4.79 Å². The van der Waals surface area contributed by atoms with E-state index in [0.717, 1.165) is 34.1 Å². The lowest BCUT2D eigenvalue weighted by atomic mass is 10.1. The molecule has 5 nitrogen and oxygen atoms in total. The first-order chi connectivity index (χ1) is 11.6. The minimum atomic E-state index is -0.114. The molecule has 2 N–H and O–H groups in total. The fraction of sp³-hybridized carbons (Fsp3) is 0.263. The molecular weight excluding hydrogens is 302 g/mol. The minimum absolute atomic E-state index is 0.114. The van der Waals surface area contributed by atoms with Crippen molar-refractivity contribution in [1.29, 1.82) is 0 Å². The van der Waals surface area contributed by atoms with E-state index in [2.05, 4.69) is 22.2 Å². The maximum atomic E-state index is 12.1. The summed E-state index contributed by atoms with van der Waals surface area (Å²) in [7, 11) is 1.61. The van der Waals surface area contributed by atoms with Gasteiger partial charge in [-0.3, -0.25) is 4.79 Å². The van der Waals surface area contributed by atoms with Crippen LogP contribution in [0, 0.1) is 6.92 Å². The molecule has 3 aromatic rings. The number of aromatic amines is 1. The van der Waals surface area contributed by atoms with E-state index in [-0.39, 0.29) is 5.56 Å². The summed E-state index contributed by atoms with van der Waals surface area (Å²) in [4.78, 5) is 19.5. The Balaban J connectivity index is 1.92. The molecule has 5 heteroatoms. The summed E-state index contributed by atoms with van der Waals surface area (Å²) in [6.07, 6.45) is 0.873. The van der Waals surface area contributed by atoms with E-state index >= 15 is 0 Å². The van der Waals surface area contributed by atoms with Crippen LogP contribution in [-0.2, 0) is 13.0 Å². The number of H-pyrrole nitrogens is 1. The van der Waals surface area contributed by atoms with E-state index in [1.54, 1.807) is 7.11 Å². The van der Waals surface area contributed by atoms with Crippen molar-refractivity contribution in [2.24, 2.45) is 0 Å². The molecule has 0 aliphatic rings. The van der Waals surface area contributed by atoms with Gasteiger partial charge in [0.25, 0.3) is 5.56 Å². The maximum absolute atomic E-state index is 12.1. The summed E-state index contributed by atoms with van der Waals surface area (Å²) in [6, 6.07) is 11.8. The van der Waals surface area contributed by atoms with E-state index in [1.807, 2.05) is 43.3 Å². The molecule has 2 aromatic heterocycles. The summed E-state index contributed by atoms with van der Waals surface area (Å²) in [5.74, 6) is 0.570. The second-order valence-corrected chi connectivity index (χ2v) is 5.72. The Morgan fingerprint density at radius 1 is 1.21 bits per heavy atom. The topological polar surface area (TPSA) is 67.0 Å². The molecule has 0 unspecified atom stereocenters. The van der Waals surface area contributed by atoms with Crippen LogP contribution in [0.15, 0.2) is 41.2 Å². The lowest BCUT2D eigenvalue weighted by Gasteiger charge is -2.12. The van der Waals surface area contributed by atoms with Crippen LogP contribution >= 0.6 is 0 Å². The number of aromatic nitrogens is 2. The summed E-state index contributed by atoms with van der Waals surface area (Å²) >= 11 is 0. The number of nitrogens with one attached hydrogen (secondary N) is 2. The standard InChI is InChI=1S/C19H21N3O2/c1-4-13-10-17(18(23)21-12(13)2)20-11-15-9-14-7-5-6-8-16(14)22-19(15)24-3/h5-10,20H,4,11H2,1-3H3,(H,21,23). The highest BCUT2D eigenvalue weighted by Crippen LogP contribution is 2.23. The second kappa shape index (κ2) is 6.74. The van der Waals surface area contributed by atoms with Crippen LogP contribution in [0.3, 0.4) is 0 Å². The normalized spacial score (nSPS) is 10.8. The number of benzene rings is 1. The smallest absolute Gasteiger partial charge is 0.271 e. The van der Waals surface area contributed by atoms with E-state index in [4.69, 9.17) is 4.74 Å². The third kappa shape index (κ3) is 3.11. The van der Waals surface area contributed by atoms with Crippen molar-refractivity contribution in [1.82, 2.24) is 9.97 Å². The number of methoxy groups -OCH3 is 1. The molecule has 0 aliphatic heterocycles. The van der Waals surface area contributed by atoms with Crippen LogP contribution in [0.1, 0.15) is 23.7 Å². The molecule has 0 spiro atoms. The number of fused-ring (bicyclic) bond motifs is 1. The molecule has 2 heterocycles. The number of rotatable bonds is 5. The number of hydrogen-bond donors (Lipinski definition) is 2. The van der Waals surface area contributed by atoms with Gasteiger partial charge < -0.3 is 15.0 Å². The minimum Gasteiger partial charge on any atom is -0.481 e. The number of aryl methyl sites for hydroxylation is 2. The summed E-state index contributed by atoms with van der Waals surface area (Å²) in [5.41, 5.74) is 4.29. The zero-order valence-corrected chi connectivity index (χ0v) is 14.1.